The van der Waals surface area contributed by atoms with Crippen LogP contribution in [0, 0.1) is 12.7 Å². The van der Waals surface area contributed by atoms with Crippen molar-refractivity contribution in [1.29, 1.82) is 0 Å². The molecule has 1 unspecified atom stereocenters. The number of ether oxygens (including phenoxy) is 1. The number of hydrogen-bond donors (Lipinski definition) is 0. The Morgan fingerprint density at radius 1 is 1.52 bits per heavy atom. The standard InChI is InChI=1S/C16H18FN3O3/c1-11-4-5-12(7-14(11)17)16(21)20-6-2-3-13(8-20)22-9-15-18-10-23-19-15/h4-5,7,10,13H,2-3,6,8-9H2,1H3. The van der Waals surface area contributed by atoms with E-state index in [9.17, 15) is 9.18 Å². The quantitative estimate of drug-likeness (QED) is 0.865. The number of nitrogens with zero attached hydrogens (tertiary/aromatic N) is 3. The lowest BCUT2D eigenvalue weighted by atomic mass is 10.1. The summed E-state index contributed by atoms with van der Waals surface area (Å²) in [5, 5.41) is 3.69. The van der Waals surface area contributed by atoms with Crippen LogP contribution in [0.4, 0.5) is 4.39 Å². The molecule has 0 aliphatic carbocycles. The average molecular weight is 319 g/mol. The lowest BCUT2D eigenvalue weighted by Gasteiger charge is -2.32. The van der Waals surface area contributed by atoms with Crippen LogP contribution >= 0.6 is 0 Å². The molecule has 2 aromatic rings. The smallest absolute Gasteiger partial charge is 0.254 e. The molecule has 1 amide bonds. The van der Waals surface area contributed by atoms with Crippen molar-refractivity contribution < 1.29 is 18.4 Å². The summed E-state index contributed by atoms with van der Waals surface area (Å²) in [5.41, 5.74) is 0.897. The van der Waals surface area contributed by atoms with Gasteiger partial charge in [0.2, 0.25) is 6.39 Å². The molecule has 1 aromatic heterocycles. The average Bonchev–Trinajstić information content (AvgIpc) is 3.08. The van der Waals surface area contributed by atoms with E-state index in [-0.39, 0.29) is 24.4 Å². The molecule has 1 fully saturated rings. The molecule has 0 saturated carbocycles. The minimum absolute atomic E-state index is 0.0819. The molecular weight excluding hydrogens is 301 g/mol. The summed E-state index contributed by atoms with van der Waals surface area (Å²) in [4.78, 5) is 18.1. The zero-order valence-corrected chi connectivity index (χ0v) is 12.9. The van der Waals surface area contributed by atoms with Crippen molar-refractivity contribution in [2.75, 3.05) is 13.1 Å². The number of aryl methyl sites for hydroxylation is 1. The Bertz CT molecular complexity index is 675. The summed E-state index contributed by atoms with van der Waals surface area (Å²) < 4.78 is 24.0. The van der Waals surface area contributed by atoms with Crippen molar-refractivity contribution in [2.24, 2.45) is 0 Å². The summed E-state index contributed by atoms with van der Waals surface area (Å²) in [5.74, 6) is -0.0522. The Kier molecular flexibility index (Phi) is 4.66. The highest BCUT2D eigenvalue weighted by Gasteiger charge is 2.25. The lowest BCUT2D eigenvalue weighted by Crippen LogP contribution is -2.43. The van der Waals surface area contributed by atoms with Crippen molar-refractivity contribution in [3.63, 3.8) is 0 Å². The number of piperidine rings is 1. The molecule has 1 atom stereocenters. The van der Waals surface area contributed by atoms with Gasteiger partial charge in [-0.05, 0) is 37.5 Å². The van der Waals surface area contributed by atoms with Crippen molar-refractivity contribution in [3.8, 4) is 0 Å². The number of amides is 1. The molecule has 1 aromatic carbocycles. The fourth-order valence-corrected chi connectivity index (χ4v) is 2.62. The Balaban J connectivity index is 1.60. The second kappa shape index (κ2) is 6.87. The summed E-state index contributed by atoms with van der Waals surface area (Å²) in [7, 11) is 0. The number of rotatable bonds is 4. The minimum atomic E-state index is -0.363. The van der Waals surface area contributed by atoms with Crippen molar-refractivity contribution in [3.05, 3.63) is 47.4 Å². The van der Waals surface area contributed by atoms with Gasteiger partial charge in [0.05, 0.1) is 6.10 Å². The zero-order valence-electron chi connectivity index (χ0n) is 12.9. The Labute approximate surface area is 133 Å². The highest BCUT2D eigenvalue weighted by atomic mass is 19.1. The SMILES string of the molecule is Cc1ccc(C(=O)N2CCCC(OCc3ncon3)C2)cc1F. The molecule has 6 nitrogen and oxygen atoms in total. The second-order valence-electron chi connectivity index (χ2n) is 5.64. The van der Waals surface area contributed by atoms with Gasteiger partial charge in [0.1, 0.15) is 12.4 Å². The number of likely N-dealkylation sites (tertiary alicyclic amines) is 1. The first kappa shape index (κ1) is 15.6. The van der Waals surface area contributed by atoms with Crippen LogP contribution in [0.2, 0.25) is 0 Å². The number of hydrogen-bond acceptors (Lipinski definition) is 5. The molecule has 0 N–H and O–H groups in total. The van der Waals surface area contributed by atoms with Crippen LogP contribution in [0.5, 0.6) is 0 Å². The first-order valence-corrected chi connectivity index (χ1v) is 7.56. The number of benzene rings is 1. The van der Waals surface area contributed by atoms with Crippen LogP contribution in [0.3, 0.4) is 0 Å². The molecule has 7 heteroatoms. The number of aromatic nitrogens is 2. The first-order chi connectivity index (χ1) is 11.1. The van der Waals surface area contributed by atoms with Crippen LogP contribution < -0.4 is 0 Å². The van der Waals surface area contributed by atoms with E-state index >= 15 is 0 Å². The molecule has 1 aliphatic rings. The van der Waals surface area contributed by atoms with Gasteiger partial charge in [-0.3, -0.25) is 4.79 Å². The van der Waals surface area contributed by atoms with Crippen LogP contribution in [-0.4, -0.2) is 40.1 Å². The van der Waals surface area contributed by atoms with Gasteiger partial charge >= 0.3 is 0 Å². The first-order valence-electron chi connectivity index (χ1n) is 7.56. The summed E-state index contributed by atoms with van der Waals surface area (Å²) in [6, 6.07) is 4.57. The number of carbonyl (C=O) groups excluding carboxylic acids is 1. The van der Waals surface area contributed by atoms with Crippen LogP contribution in [0.1, 0.15) is 34.6 Å². The molecule has 23 heavy (non-hydrogen) atoms. The Morgan fingerprint density at radius 2 is 2.39 bits per heavy atom. The zero-order chi connectivity index (χ0) is 16.2. The summed E-state index contributed by atoms with van der Waals surface area (Å²) >= 11 is 0. The molecule has 122 valence electrons. The third-order valence-corrected chi connectivity index (χ3v) is 3.94. The van der Waals surface area contributed by atoms with Crippen LogP contribution in [0.25, 0.3) is 0 Å². The number of halogens is 1. The molecule has 3 rings (SSSR count). The van der Waals surface area contributed by atoms with E-state index < -0.39 is 0 Å². The number of carbonyl (C=O) groups is 1. The van der Waals surface area contributed by atoms with E-state index in [0.717, 1.165) is 12.8 Å². The third kappa shape index (κ3) is 3.73. The molecule has 0 bridgehead atoms. The highest BCUT2D eigenvalue weighted by molar-refractivity contribution is 5.94. The fourth-order valence-electron chi connectivity index (χ4n) is 2.62. The van der Waals surface area contributed by atoms with Gasteiger partial charge in [-0.25, -0.2) is 4.39 Å². The third-order valence-electron chi connectivity index (χ3n) is 3.94. The van der Waals surface area contributed by atoms with Crippen LogP contribution in [0.15, 0.2) is 29.1 Å². The Hall–Kier alpha value is -2.28. The van der Waals surface area contributed by atoms with E-state index in [0.29, 0.717) is 30.0 Å². The largest absolute Gasteiger partial charge is 0.368 e. The van der Waals surface area contributed by atoms with Gasteiger partial charge in [-0.2, -0.15) is 4.98 Å². The normalized spacial score (nSPS) is 18.2. The monoisotopic (exact) mass is 319 g/mol. The van der Waals surface area contributed by atoms with E-state index in [1.165, 1.54) is 12.5 Å². The van der Waals surface area contributed by atoms with Crippen molar-refractivity contribution in [2.45, 2.75) is 32.5 Å². The molecule has 0 radical (unpaired) electrons. The topological polar surface area (TPSA) is 68.5 Å². The van der Waals surface area contributed by atoms with E-state index in [1.54, 1.807) is 24.0 Å². The Morgan fingerprint density at radius 3 is 3.13 bits per heavy atom. The molecule has 0 spiro atoms. The highest BCUT2D eigenvalue weighted by Crippen LogP contribution is 2.18. The van der Waals surface area contributed by atoms with Gasteiger partial charge in [-0.15, -0.1) is 0 Å². The van der Waals surface area contributed by atoms with E-state index in [2.05, 4.69) is 14.7 Å². The molecular formula is C16H18FN3O3. The minimum Gasteiger partial charge on any atom is -0.368 e. The van der Waals surface area contributed by atoms with E-state index in [4.69, 9.17) is 4.74 Å². The maximum Gasteiger partial charge on any atom is 0.254 e. The van der Waals surface area contributed by atoms with E-state index in [1.807, 2.05) is 0 Å². The fraction of sp³-hybridized carbons (Fsp3) is 0.438. The van der Waals surface area contributed by atoms with Crippen molar-refractivity contribution >= 4 is 5.91 Å². The lowest BCUT2D eigenvalue weighted by molar-refractivity contribution is -0.00962. The molecule has 1 saturated heterocycles. The van der Waals surface area contributed by atoms with Gasteiger partial charge in [0.25, 0.3) is 5.91 Å². The predicted molar refractivity (Wildman–Crippen MR) is 79.1 cm³/mol. The second-order valence-corrected chi connectivity index (χ2v) is 5.64. The van der Waals surface area contributed by atoms with Gasteiger partial charge in [-0.1, -0.05) is 11.2 Å². The summed E-state index contributed by atoms with van der Waals surface area (Å²) in [6.07, 6.45) is 2.88. The maximum absolute atomic E-state index is 13.6. The van der Waals surface area contributed by atoms with Gasteiger partial charge in [0, 0.05) is 18.7 Å². The predicted octanol–water partition coefficient (Wildman–Crippen LogP) is 2.34. The van der Waals surface area contributed by atoms with Crippen LogP contribution in [-0.2, 0) is 11.3 Å². The molecule has 2 heterocycles. The van der Waals surface area contributed by atoms with Crippen molar-refractivity contribution in [1.82, 2.24) is 15.0 Å². The maximum atomic E-state index is 13.6. The van der Waals surface area contributed by atoms with Gasteiger partial charge in [0.15, 0.2) is 5.82 Å². The summed E-state index contributed by atoms with van der Waals surface area (Å²) in [6.45, 7) is 3.05. The van der Waals surface area contributed by atoms with Gasteiger partial charge < -0.3 is 14.2 Å². The molecule has 1 aliphatic heterocycles.